The third-order valence-corrected chi connectivity index (χ3v) is 7.89. The molecule has 3 fully saturated rings. The van der Waals surface area contributed by atoms with Crippen LogP contribution in [0, 0.1) is 5.82 Å². The minimum Gasteiger partial charge on any atom is -0.367 e. The molecular weight excluding hydrogens is 449 g/mol. The van der Waals surface area contributed by atoms with Gasteiger partial charge in [0.25, 0.3) is 5.91 Å². The fourth-order valence-corrected chi connectivity index (χ4v) is 6.15. The number of benzene rings is 1. The highest BCUT2D eigenvalue weighted by atomic mass is 19.1. The van der Waals surface area contributed by atoms with E-state index in [4.69, 9.17) is 4.98 Å². The lowest BCUT2D eigenvalue weighted by Gasteiger charge is -2.38. The van der Waals surface area contributed by atoms with Crippen molar-refractivity contribution in [3.63, 3.8) is 0 Å². The Labute approximate surface area is 203 Å². The number of nitrogens with one attached hydrogen (secondary N) is 2. The van der Waals surface area contributed by atoms with Crippen molar-refractivity contribution in [1.29, 1.82) is 0 Å². The van der Waals surface area contributed by atoms with Crippen molar-refractivity contribution in [2.45, 2.75) is 50.1 Å². The van der Waals surface area contributed by atoms with Crippen molar-refractivity contribution < 1.29 is 14.0 Å². The van der Waals surface area contributed by atoms with E-state index in [1.165, 1.54) is 11.0 Å². The Morgan fingerprint density at radius 3 is 2.60 bits per heavy atom. The van der Waals surface area contributed by atoms with E-state index in [9.17, 15) is 14.0 Å². The quantitative estimate of drug-likeness (QED) is 0.645. The molecule has 184 valence electrons. The van der Waals surface area contributed by atoms with Gasteiger partial charge in [0.1, 0.15) is 17.2 Å². The minimum absolute atomic E-state index is 0.155. The zero-order valence-electron chi connectivity index (χ0n) is 19.9. The second kappa shape index (κ2) is 8.44. The Balaban J connectivity index is 1.30. The van der Waals surface area contributed by atoms with E-state index in [-0.39, 0.29) is 30.1 Å². The second-order valence-corrected chi connectivity index (χ2v) is 10.0. The van der Waals surface area contributed by atoms with Gasteiger partial charge >= 0.3 is 0 Å². The van der Waals surface area contributed by atoms with Gasteiger partial charge in [-0.2, -0.15) is 4.98 Å². The number of aromatic nitrogens is 2. The molecule has 1 unspecified atom stereocenters. The van der Waals surface area contributed by atoms with Gasteiger partial charge in [-0.1, -0.05) is 12.8 Å². The van der Waals surface area contributed by atoms with Crippen molar-refractivity contribution >= 4 is 35.0 Å². The number of carbonyl (C=O) groups excluding carboxylic acids is 2. The molecule has 1 spiro atoms. The van der Waals surface area contributed by atoms with E-state index in [0.29, 0.717) is 29.6 Å². The summed E-state index contributed by atoms with van der Waals surface area (Å²) in [7, 11) is 1.56. The highest BCUT2D eigenvalue weighted by Gasteiger charge is 2.60. The Morgan fingerprint density at radius 1 is 1.14 bits per heavy atom. The third-order valence-electron chi connectivity index (χ3n) is 7.89. The molecule has 4 heterocycles. The molecule has 0 radical (unpaired) electrons. The Hall–Kier alpha value is -3.27. The molecular formula is C25H30FN7O2. The zero-order valence-corrected chi connectivity index (χ0v) is 19.9. The SMILES string of the molecule is CN1C(=O)CC2(Cc3cnc(Nc4ccc(N5CCNCC5)c(F)c4)nc3N2C2CCCC2)C1=O. The van der Waals surface area contributed by atoms with Crippen molar-refractivity contribution in [2.24, 2.45) is 0 Å². The number of carbonyl (C=O) groups is 2. The number of imide groups is 1. The zero-order chi connectivity index (χ0) is 24.2. The number of hydrogen-bond acceptors (Lipinski definition) is 8. The molecule has 1 aromatic carbocycles. The normalized spacial score (nSPS) is 24.7. The maximum Gasteiger partial charge on any atom is 0.255 e. The third kappa shape index (κ3) is 3.62. The van der Waals surface area contributed by atoms with Gasteiger partial charge in [0.05, 0.1) is 12.1 Å². The number of piperazine rings is 1. The van der Waals surface area contributed by atoms with Crippen LogP contribution < -0.4 is 20.4 Å². The Bertz CT molecular complexity index is 1180. The average molecular weight is 480 g/mol. The monoisotopic (exact) mass is 479 g/mol. The smallest absolute Gasteiger partial charge is 0.255 e. The van der Waals surface area contributed by atoms with Crippen LogP contribution in [0.1, 0.15) is 37.7 Å². The van der Waals surface area contributed by atoms with E-state index >= 15 is 0 Å². The minimum atomic E-state index is -0.909. The number of anilines is 4. The van der Waals surface area contributed by atoms with E-state index in [1.54, 1.807) is 19.3 Å². The summed E-state index contributed by atoms with van der Waals surface area (Å²) < 4.78 is 14.9. The van der Waals surface area contributed by atoms with Crippen LogP contribution >= 0.6 is 0 Å². The fourth-order valence-electron chi connectivity index (χ4n) is 6.15. The van der Waals surface area contributed by atoms with E-state index in [2.05, 4.69) is 20.5 Å². The summed E-state index contributed by atoms with van der Waals surface area (Å²) >= 11 is 0. The first-order chi connectivity index (χ1) is 17.0. The lowest BCUT2D eigenvalue weighted by atomic mass is 9.91. The molecule has 1 saturated carbocycles. The van der Waals surface area contributed by atoms with Gasteiger partial charge in [-0.05, 0) is 31.0 Å². The number of rotatable bonds is 4. The summed E-state index contributed by atoms with van der Waals surface area (Å²) in [5.74, 6) is 0.458. The van der Waals surface area contributed by atoms with Crippen LogP contribution in [-0.2, 0) is 16.0 Å². The van der Waals surface area contributed by atoms with Crippen molar-refractivity contribution in [3.8, 4) is 0 Å². The molecule has 2 amide bonds. The van der Waals surface area contributed by atoms with Crippen molar-refractivity contribution in [3.05, 3.63) is 35.8 Å². The van der Waals surface area contributed by atoms with Crippen LogP contribution in [0.2, 0.25) is 0 Å². The molecule has 2 aromatic rings. The first-order valence-electron chi connectivity index (χ1n) is 12.4. The molecule has 2 saturated heterocycles. The second-order valence-electron chi connectivity index (χ2n) is 10.0. The number of nitrogens with zero attached hydrogens (tertiary/aromatic N) is 5. The fraction of sp³-hybridized carbons (Fsp3) is 0.520. The topological polar surface area (TPSA) is 93.7 Å². The summed E-state index contributed by atoms with van der Waals surface area (Å²) in [5.41, 5.74) is 1.12. The van der Waals surface area contributed by atoms with Gasteiger partial charge in [0.15, 0.2) is 0 Å². The Kier molecular flexibility index (Phi) is 5.36. The number of halogens is 1. The van der Waals surface area contributed by atoms with Crippen LogP contribution in [-0.4, -0.2) is 71.5 Å². The van der Waals surface area contributed by atoms with Gasteiger partial charge in [-0.15, -0.1) is 0 Å². The first-order valence-corrected chi connectivity index (χ1v) is 12.4. The molecule has 4 aliphatic rings. The van der Waals surface area contributed by atoms with Crippen molar-refractivity contribution in [1.82, 2.24) is 20.2 Å². The predicted molar refractivity (Wildman–Crippen MR) is 130 cm³/mol. The Morgan fingerprint density at radius 2 is 1.91 bits per heavy atom. The largest absolute Gasteiger partial charge is 0.367 e. The summed E-state index contributed by atoms with van der Waals surface area (Å²) in [4.78, 5) is 40.5. The number of amides is 2. The van der Waals surface area contributed by atoms with Gasteiger partial charge in [-0.25, -0.2) is 9.37 Å². The molecule has 10 heteroatoms. The molecule has 1 aliphatic carbocycles. The summed E-state index contributed by atoms with van der Waals surface area (Å²) in [6.45, 7) is 3.22. The standard InChI is InChI=1S/C25H30FN7O2/c1-31-21(34)14-25(23(31)35)13-16-15-28-24(30-22(16)33(25)18-4-2-3-5-18)29-17-6-7-20(19(26)12-17)32-10-8-27-9-11-32/h6-7,12,15,18,27H,2-5,8-11,13-14H2,1H3,(H,28,29,30). The first kappa shape index (κ1) is 22.2. The number of hydrogen-bond donors (Lipinski definition) is 2. The predicted octanol–water partition coefficient (Wildman–Crippen LogP) is 2.20. The van der Waals surface area contributed by atoms with E-state index in [1.807, 2.05) is 11.0 Å². The van der Waals surface area contributed by atoms with Crippen LogP contribution in [0.3, 0.4) is 0 Å². The van der Waals surface area contributed by atoms with Crippen LogP contribution in [0.5, 0.6) is 0 Å². The summed E-state index contributed by atoms with van der Waals surface area (Å²) in [6, 6.07) is 5.26. The molecule has 2 N–H and O–H groups in total. The molecule has 35 heavy (non-hydrogen) atoms. The average Bonchev–Trinajstić information content (AvgIpc) is 3.54. The number of likely N-dealkylation sites (N-methyl/N-ethyl adjacent to an activating group) is 1. The lowest BCUT2D eigenvalue weighted by molar-refractivity contribution is -0.138. The lowest BCUT2D eigenvalue weighted by Crippen LogP contribution is -2.56. The highest BCUT2D eigenvalue weighted by Crippen LogP contribution is 2.47. The molecule has 6 rings (SSSR count). The van der Waals surface area contributed by atoms with E-state index < -0.39 is 5.54 Å². The summed E-state index contributed by atoms with van der Waals surface area (Å²) in [5, 5.41) is 6.42. The van der Waals surface area contributed by atoms with Gasteiger partial charge < -0.3 is 20.4 Å². The summed E-state index contributed by atoms with van der Waals surface area (Å²) in [6.07, 6.45) is 6.47. The molecule has 9 nitrogen and oxygen atoms in total. The van der Waals surface area contributed by atoms with E-state index in [0.717, 1.165) is 57.4 Å². The van der Waals surface area contributed by atoms with Gasteiger partial charge in [0, 0.05) is 63.1 Å². The van der Waals surface area contributed by atoms with Gasteiger partial charge in [-0.3, -0.25) is 14.5 Å². The van der Waals surface area contributed by atoms with Crippen LogP contribution in [0.25, 0.3) is 0 Å². The maximum atomic E-state index is 14.9. The van der Waals surface area contributed by atoms with Crippen LogP contribution in [0.4, 0.5) is 27.5 Å². The molecule has 1 atom stereocenters. The number of fused-ring (bicyclic) bond motifs is 1. The highest BCUT2D eigenvalue weighted by molar-refractivity contribution is 6.11. The van der Waals surface area contributed by atoms with Gasteiger partial charge in [0.2, 0.25) is 11.9 Å². The number of likely N-dealkylation sites (tertiary alicyclic amines) is 1. The van der Waals surface area contributed by atoms with Crippen molar-refractivity contribution in [2.75, 3.05) is 48.3 Å². The van der Waals surface area contributed by atoms with Crippen LogP contribution in [0.15, 0.2) is 24.4 Å². The molecule has 0 bridgehead atoms. The molecule has 1 aromatic heterocycles. The maximum absolute atomic E-state index is 14.9. The molecule has 3 aliphatic heterocycles.